The van der Waals surface area contributed by atoms with Crippen molar-refractivity contribution in [3.05, 3.63) is 23.8 Å². The summed E-state index contributed by atoms with van der Waals surface area (Å²) in [6.45, 7) is 2.60. The summed E-state index contributed by atoms with van der Waals surface area (Å²) in [5.41, 5.74) is 0.653. The van der Waals surface area contributed by atoms with Gasteiger partial charge in [-0.3, -0.25) is 0 Å². The number of benzene rings is 1. The molecule has 1 aliphatic rings. The molecule has 0 saturated carbocycles. The molecule has 0 amide bonds. The van der Waals surface area contributed by atoms with Crippen LogP contribution < -0.4 is 10.1 Å². The van der Waals surface area contributed by atoms with Gasteiger partial charge in [-0.15, -0.1) is 0 Å². The lowest BCUT2D eigenvalue weighted by molar-refractivity contribution is 0.192. The molecule has 1 aromatic rings. The number of sulfonamides is 1. The van der Waals surface area contributed by atoms with Crippen LogP contribution >= 0.6 is 0 Å². The quantitative estimate of drug-likeness (QED) is 0.820. The largest absolute Gasteiger partial charge is 0.497 e. The topological polar surface area (TPSA) is 78.9 Å². The minimum atomic E-state index is -3.54. The lowest BCUT2D eigenvalue weighted by Gasteiger charge is -2.22. The van der Waals surface area contributed by atoms with Gasteiger partial charge in [0.25, 0.3) is 0 Å². The predicted molar refractivity (Wildman–Crippen MR) is 80.0 cm³/mol. The molecular weight excluding hydrogens is 292 g/mol. The number of hydrogen-bond acceptors (Lipinski definition) is 5. The lowest BCUT2D eigenvalue weighted by Crippen LogP contribution is -2.38. The van der Waals surface area contributed by atoms with E-state index in [0.717, 1.165) is 0 Å². The standard InChI is InChI=1S/C14H22N2O4S/c1-10-6-13(20-3)4-5-14(10)21(18,19)16(2)9-11-7-12(17)8-15-11/h4-6,11-12,15,17H,7-9H2,1-3H3/t11-,12+/m0/s1. The first kappa shape index (κ1) is 16.2. The molecular formula is C14H22N2O4S. The Hall–Kier alpha value is -1.15. The predicted octanol–water partition coefficient (Wildman–Crippen LogP) is 0.347. The van der Waals surface area contributed by atoms with E-state index in [-0.39, 0.29) is 10.9 Å². The minimum Gasteiger partial charge on any atom is -0.497 e. The van der Waals surface area contributed by atoms with Gasteiger partial charge in [0.05, 0.1) is 18.1 Å². The molecule has 1 saturated heterocycles. The number of aryl methyl sites for hydroxylation is 1. The van der Waals surface area contributed by atoms with Gasteiger partial charge in [0.2, 0.25) is 10.0 Å². The van der Waals surface area contributed by atoms with Crippen LogP contribution in [0.15, 0.2) is 23.1 Å². The molecule has 1 aliphatic heterocycles. The van der Waals surface area contributed by atoms with Gasteiger partial charge in [0, 0.05) is 26.2 Å². The van der Waals surface area contributed by atoms with Crippen LogP contribution in [-0.4, -0.2) is 57.2 Å². The number of aliphatic hydroxyl groups is 1. The molecule has 0 bridgehead atoms. The molecule has 6 nitrogen and oxygen atoms in total. The Morgan fingerprint density at radius 3 is 2.71 bits per heavy atom. The number of likely N-dealkylation sites (N-methyl/N-ethyl adjacent to an activating group) is 1. The second kappa shape index (κ2) is 6.31. The number of nitrogens with zero attached hydrogens (tertiary/aromatic N) is 1. The second-order valence-electron chi connectivity index (χ2n) is 5.41. The summed E-state index contributed by atoms with van der Waals surface area (Å²) < 4.78 is 31.7. The number of methoxy groups -OCH3 is 1. The molecule has 1 heterocycles. The summed E-state index contributed by atoms with van der Waals surface area (Å²) in [7, 11) is -0.435. The Balaban J connectivity index is 2.17. The van der Waals surface area contributed by atoms with Gasteiger partial charge >= 0.3 is 0 Å². The first-order chi connectivity index (χ1) is 9.84. The maximum Gasteiger partial charge on any atom is 0.243 e. The van der Waals surface area contributed by atoms with Crippen molar-refractivity contribution in [3.63, 3.8) is 0 Å². The van der Waals surface area contributed by atoms with Gasteiger partial charge in [0.1, 0.15) is 5.75 Å². The fraction of sp³-hybridized carbons (Fsp3) is 0.571. The highest BCUT2D eigenvalue weighted by Gasteiger charge is 2.29. The van der Waals surface area contributed by atoms with E-state index in [1.165, 1.54) is 4.31 Å². The zero-order valence-corrected chi connectivity index (χ0v) is 13.4. The van der Waals surface area contributed by atoms with Crippen LogP contribution in [0.4, 0.5) is 0 Å². The first-order valence-electron chi connectivity index (χ1n) is 6.87. The molecule has 0 aliphatic carbocycles. The molecule has 1 fully saturated rings. The van der Waals surface area contributed by atoms with E-state index in [9.17, 15) is 13.5 Å². The molecule has 7 heteroatoms. The maximum atomic E-state index is 12.6. The van der Waals surface area contributed by atoms with Gasteiger partial charge in [-0.2, -0.15) is 4.31 Å². The maximum absolute atomic E-state index is 12.6. The van der Waals surface area contributed by atoms with Gasteiger partial charge in [0.15, 0.2) is 0 Å². The van der Waals surface area contributed by atoms with E-state index < -0.39 is 16.1 Å². The highest BCUT2D eigenvalue weighted by molar-refractivity contribution is 7.89. The normalized spacial score (nSPS) is 22.7. The molecule has 0 aromatic heterocycles. The molecule has 21 heavy (non-hydrogen) atoms. The average Bonchev–Trinajstić information content (AvgIpc) is 2.83. The Morgan fingerprint density at radius 1 is 1.48 bits per heavy atom. The van der Waals surface area contributed by atoms with Crippen molar-refractivity contribution >= 4 is 10.0 Å². The Morgan fingerprint density at radius 2 is 2.19 bits per heavy atom. The SMILES string of the molecule is COc1ccc(S(=O)(=O)N(C)C[C@@H]2C[C@@H](O)CN2)c(C)c1. The van der Waals surface area contributed by atoms with Crippen molar-refractivity contribution in [2.24, 2.45) is 0 Å². The number of nitrogens with one attached hydrogen (secondary N) is 1. The number of rotatable bonds is 5. The number of aliphatic hydroxyl groups excluding tert-OH is 1. The zero-order valence-electron chi connectivity index (χ0n) is 12.5. The monoisotopic (exact) mass is 314 g/mol. The fourth-order valence-corrected chi connectivity index (χ4v) is 3.97. The van der Waals surface area contributed by atoms with Gasteiger partial charge in [-0.1, -0.05) is 0 Å². The summed E-state index contributed by atoms with van der Waals surface area (Å²) >= 11 is 0. The number of β-amino-alcohol motifs (C(OH)–C–C–N with tert-alkyl or cyclic N) is 1. The number of hydrogen-bond donors (Lipinski definition) is 2. The summed E-state index contributed by atoms with van der Waals surface area (Å²) in [4.78, 5) is 0.282. The average molecular weight is 314 g/mol. The van der Waals surface area contributed by atoms with E-state index in [2.05, 4.69) is 5.32 Å². The summed E-state index contributed by atoms with van der Waals surface area (Å²) in [6.07, 6.45) is 0.176. The Kier molecular flexibility index (Phi) is 4.88. The third-order valence-corrected chi connectivity index (χ3v) is 5.73. The van der Waals surface area contributed by atoms with E-state index in [1.807, 2.05) is 0 Å². The third-order valence-electron chi connectivity index (χ3n) is 3.75. The zero-order chi connectivity index (χ0) is 15.6. The van der Waals surface area contributed by atoms with Crippen molar-refractivity contribution in [1.29, 1.82) is 0 Å². The van der Waals surface area contributed by atoms with E-state index in [0.29, 0.717) is 30.8 Å². The first-order valence-corrected chi connectivity index (χ1v) is 8.31. The van der Waals surface area contributed by atoms with Crippen LogP contribution in [0.5, 0.6) is 5.75 Å². The van der Waals surface area contributed by atoms with Crippen molar-refractivity contribution in [3.8, 4) is 5.75 Å². The third kappa shape index (κ3) is 3.55. The smallest absolute Gasteiger partial charge is 0.243 e. The van der Waals surface area contributed by atoms with Crippen molar-refractivity contribution in [1.82, 2.24) is 9.62 Å². The molecule has 2 atom stereocenters. The van der Waals surface area contributed by atoms with Crippen molar-refractivity contribution < 1.29 is 18.3 Å². The lowest BCUT2D eigenvalue weighted by atomic mass is 10.2. The second-order valence-corrected chi connectivity index (χ2v) is 7.42. The van der Waals surface area contributed by atoms with Gasteiger partial charge < -0.3 is 15.2 Å². The molecule has 1 aromatic carbocycles. The number of ether oxygens (including phenoxy) is 1. The molecule has 2 N–H and O–H groups in total. The van der Waals surface area contributed by atoms with E-state index in [1.54, 1.807) is 39.3 Å². The summed E-state index contributed by atoms with van der Waals surface area (Å²) in [5, 5.41) is 12.6. The van der Waals surface area contributed by atoms with Crippen molar-refractivity contribution in [2.75, 3.05) is 27.2 Å². The minimum absolute atomic E-state index is 0.0154. The summed E-state index contributed by atoms with van der Waals surface area (Å²) in [5.74, 6) is 0.634. The molecule has 0 unspecified atom stereocenters. The fourth-order valence-electron chi connectivity index (χ4n) is 2.55. The van der Waals surface area contributed by atoms with Crippen LogP contribution in [0.1, 0.15) is 12.0 Å². The Labute approximate surface area is 125 Å². The van der Waals surface area contributed by atoms with Crippen LogP contribution in [0.3, 0.4) is 0 Å². The van der Waals surface area contributed by atoms with Crippen LogP contribution in [-0.2, 0) is 10.0 Å². The van der Waals surface area contributed by atoms with Gasteiger partial charge in [-0.05, 0) is 37.1 Å². The van der Waals surface area contributed by atoms with Crippen LogP contribution in [0.25, 0.3) is 0 Å². The summed E-state index contributed by atoms with van der Waals surface area (Å²) in [6, 6.07) is 4.90. The van der Waals surface area contributed by atoms with Crippen LogP contribution in [0, 0.1) is 6.92 Å². The molecule has 2 rings (SSSR count). The highest BCUT2D eigenvalue weighted by Crippen LogP contribution is 2.24. The van der Waals surface area contributed by atoms with Crippen molar-refractivity contribution in [2.45, 2.75) is 30.4 Å². The van der Waals surface area contributed by atoms with Gasteiger partial charge in [-0.25, -0.2) is 8.42 Å². The molecule has 118 valence electrons. The van der Waals surface area contributed by atoms with E-state index in [4.69, 9.17) is 4.74 Å². The molecule has 0 spiro atoms. The van der Waals surface area contributed by atoms with Crippen LogP contribution in [0.2, 0.25) is 0 Å². The van der Waals surface area contributed by atoms with E-state index >= 15 is 0 Å². The Bertz CT molecular complexity index is 603. The molecule has 0 radical (unpaired) electrons. The highest BCUT2D eigenvalue weighted by atomic mass is 32.2.